The number of carbonyl (C=O) groups excluding carboxylic acids is 1. The van der Waals surface area contributed by atoms with Gasteiger partial charge in [0.2, 0.25) is 0 Å². The van der Waals surface area contributed by atoms with Gasteiger partial charge in [0.25, 0.3) is 5.56 Å². The van der Waals surface area contributed by atoms with Crippen molar-refractivity contribution in [1.82, 2.24) is 9.88 Å². The zero-order valence-electron chi connectivity index (χ0n) is 21.2. The summed E-state index contributed by atoms with van der Waals surface area (Å²) in [7, 11) is 1.81. The Bertz CT molecular complexity index is 1640. The maximum absolute atomic E-state index is 14.8. The fourth-order valence-electron chi connectivity index (χ4n) is 4.69. The molecule has 0 radical (unpaired) electrons. The molecular weight excluding hydrogens is 586 g/mol. The van der Waals surface area contributed by atoms with Crippen molar-refractivity contribution in [2.45, 2.75) is 40.2 Å². The van der Waals surface area contributed by atoms with Crippen LogP contribution in [0.2, 0.25) is 0 Å². The second-order valence-electron chi connectivity index (χ2n) is 9.21. The number of fused-ring (bicyclic) bond motifs is 1. The Labute approximate surface area is 227 Å². The topological polar surface area (TPSA) is 81.3 Å². The lowest BCUT2D eigenvalue weighted by Crippen LogP contribution is -2.29. The van der Waals surface area contributed by atoms with Gasteiger partial charge < -0.3 is 14.3 Å². The number of benzene rings is 2. The first kappa shape index (κ1) is 26.9. The molecule has 2 heterocycles. The smallest absolute Gasteiger partial charge is 0.339 e. The van der Waals surface area contributed by atoms with E-state index in [1.54, 1.807) is 23.6 Å². The van der Waals surface area contributed by atoms with Crippen molar-refractivity contribution in [2.75, 3.05) is 13.6 Å². The van der Waals surface area contributed by atoms with Crippen molar-refractivity contribution < 1.29 is 13.6 Å². The number of pyridine rings is 1. The lowest BCUT2D eigenvalue weighted by Gasteiger charge is -2.19. The second kappa shape index (κ2) is 11.1. The average molecular weight is 614 g/mol. The van der Waals surface area contributed by atoms with Crippen LogP contribution in [0.4, 0.5) is 4.39 Å². The number of hydrogen-bond acceptors (Lipinski definition) is 5. The molecule has 0 saturated heterocycles. The van der Waals surface area contributed by atoms with Gasteiger partial charge in [0.1, 0.15) is 11.6 Å². The lowest BCUT2D eigenvalue weighted by molar-refractivity contribution is -0.116. The number of nitrogens with zero attached hydrogens (tertiary/aromatic N) is 1. The largest absolute Gasteiger partial charge is 0.422 e. The number of hydrogen-bond donors (Lipinski definition) is 1. The molecule has 0 saturated carbocycles. The van der Waals surface area contributed by atoms with Crippen LogP contribution in [-0.4, -0.2) is 23.9 Å². The van der Waals surface area contributed by atoms with Crippen molar-refractivity contribution in [3.05, 3.63) is 101 Å². The number of Topliss-reactive ketones (excluding diaryl/α,β-unsaturated/α-hetero) is 1. The Morgan fingerprint density at radius 1 is 1.14 bits per heavy atom. The van der Waals surface area contributed by atoms with Crippen LogP contribution in [0.5, 0.6) is 0 Å². The summed E-state index contributed by atoms with van der Waals surface area (Å²) >= 11 is 2.04. The molecular formula is C29H28FIN2O4. The molecule has 6 nitrogen and oxygen atoms in total. The minimum atomic E-state index is -0.568. The Morgan fingerprint density at radius 2 is 1.89 bits per heavy atom. The highest BCUT2D eigenvalue weighted by Crippen LogP contribution is 2.33. The van der Waals surface area contributed by atoms with Gasteiger partial charge >= 0.3 is 5.63 Å². The zero-order valence-corrected chi connectivity index (χ0v) is 23.4. The molecule has 4 aromatic rings. The SMILES string of the molecule is CNCCn1c(C)c(-c2cccc(CC(C)=O)c2)c2oc(=O)c(C)c(Cc3ccc(I)cc3F)c2c1=O. The molecule has 0 atom stereocenters. The van der Waals surface area contributed by atoms with Crippen molar-refractivity contribution in [3.8, 4) is 11.1 Å². The van der Waals surface area contributed by atoms with E-state index in [9.17, 15) is 18.8 Å². The van der Waals surface area contributed by atoms with Gasteiger partial charge in [0, 0.05) is 46.3 Å². The van der Waals surface area contributed by atoms with Gasteiger partial charge in [-0.1, -0.05) is 30.3 Å². The summed E-state index contributed by atoms with van der Waals surface area (Å²) in [6.07, 6.45) is 0.343. The van der Waals surface area contributed by atoms with Crippen LogP contribution in [-0.2, 0) is 24.2 Å². The molecule has 8 heteroatoms. The average Bonchev–Trinajstić information content (AvgIpc) is 2.83. The van der Waals surface area contributed by atoms with Crippen LogP contribution in [0.25, 0.3) is 22.1 Å². The second-order valence-corrected chi connectivity index (χ2v) is 10.5. The number of ketones is 1. The number of carbonyl (C=O) groups is 1. The molecule has 0 fully saturated rings. The van der Waals surface area contributed by atoms with Crippen LogP contribution in [0.15, 0.2) is 56.5 Å². The third-order valence-electron chi connectivity index (χ3n) is 6.57. The van der Waals surface area contributed by atoms with Crippen LogP contribution in [0, 0.1) is 23.2 Å². The molecule has 0 aliphatic rings. The summed E-state index contributed by atoms with van der Waals surface area (Å²) < 4.78 is 23.1. The van der Waals surface area contributed by atoms with Crippen molar-refractivity contribution >= 4 is 39.3 Å². The molecule has 0 aliphatic carbocycles. The number of aromatic nitrogens is 1. The van der Waals surface area contributed by atoms with Crippen LogP contribution < -0.4 is 16.5 Å². The van der Waals surface area contributed by atoms with E-state index in [4.69, 9.17) is 4.42 Å². The van der Waals surface area contributed by atoms with Gasteiger partial charge in [0.15, 0.2) is 5.58 Å². The minimum absolute atomic E-state index is 0.0294. The molecule has 0 aliphatic heterocycles. The zero-order chi connectivity index (χ0) is 26.9. The Hall–Kier alpha value is -3.11. The third kappa shape index (κ3) is 5.45. The molecule has 192 valence electrons. The molecule has 4 rings (SSSR count). The van der Waals surface area contributed by atoms with E-state index < -0.39 is 11.4 Å². The van der Waals surface area contributed by atoms with Crippen molar-refractivity contribution in [3.63, 3.8) is 0 Å². The number of likely N-dealkylation sites (N-methyl/N-ethyl adjacent to an activating group) is 1. The van der Waals surface area contributed by atoms with Gasteiger partial charge in [0.05, 0.1) is 5.39 Å². The normalized spacial score (nSPS) is 11.3. The van der Waals surface area contributed by atoms with E-state index in [1.807, 2.05) is 60.8 Å². The molecule has 0 unspecified atom stereocenters. The van der Waals surface area contributed by atoms with Crippen LogP contribution in [0.1, 0.15) is 34.9 Å². The number of halogens is 2. The standard InChI is InChI=1S/C29H28FIN2O4/c1-16(34)12-19-6-5-7-21(13-19)25-18(3)33(11-10-32-4)28(35)26-23(17(2)29(36)37-27(25)26)14-20-8-9-22(31)15-24(20)30/h5-9,13,15,32H,10-12,14H2,1-4H3. The van der Waals surface area contributed by atoms with E-state index >= 15 is 0 Å². The van der Waals surface area contributed by atoms with E-state index in [0.717, 1.165) is 14.7 Å². The summed E-state index contributed by atoms with van der Waals surface area (Å²) in [5.41, 5.74) is 3.25. The van der Waals surface area contributed by atoms with Gasteiger partial charge in [-0.3, -0.25) is 9.59 Å². The molecule has 37 heavy (non-hydrogen) atoms. The minimum Gasteiger partial charge on any atom is -0.422 e. The summed E-state index contributed by atoms with van der Waals surface area (Å²) in [6, 6.07) is 12.4. The van der Waals surface area contributed by atoms with E-state index in [-0.39, 0.29) is 40.7 Å². The first-order chi connectivity index (χ1) is 17.6. The molecule has 0 spiro atoms. The Morgan fingerprint density at radius 3 is 2.57 bits per heavy atom. The van der Waals surface area contributed by atoms with E-state index in [1.165, 1.54) is 13.0 Å². The van der Waals surface area contributed by atoms with Gasteiger partial charge in [-0.05, 0) is 84.8 Å². The Balaban J connectivity index is 2.09. The highest BCUT2D eigenvalue weighted by Gasteiger charge is 2.24. The quantitative estimate of drug-likeness (QED) is 0.285. The van der Waals surface area contributed by atoms with E-state index in [2.05, 4.69) is 5.32 Å². The van der Waals surface area contributed by atoms with E-state index in [0.29, 0.717) is 35.5 Å². The molecule has 0 amide bonds. The first-order valence-corrected chi connectivity index (χ1v) is 13.1. The maximum atomic E-state index is 14.8. The highest BCUT2D eigenvalue weighted by molar-refractivity contribution is 14.1. The first-order valence-electron chi connectivity index (χ1n) is 12.0. The Kier molecular flexibility index (Phi) is 8.08. The summed E-state index contributed by atoms with van der Waals surface area (Å²) in [6.45, 7) is 5.90. The van der Waals surface area contributed by atoms with Gasteiger partial charge in [-0.15, -0.1) is 0 Å². The van der Waals surface area contributed by atoms with Crippen molar-refractivity contribution in [1.29, 1.82) is 0 Å². The molecule has 2 aromatic heterocycles. The van der Waals surface area contributed by atoms with Gasteiger partial charge in [-0.2, -0.15) is 0 Å². The van der Waals surface area contributed by atoms with Gasteiger partial charge in [-0.25, -0.2) is 9.18 Å². The number of nitrogens with one attached hydrogen (secondary N) is 1. The maximum Gasteiger partial charge on any atom is 0.339 e. The summed E-state index contributed by atoms with van der Waals surface area (Å²) in [5.74, 6) is -0.366. The summed E-state index contributed by atoms with van der Waals surface area (Å²) in [5, 5.41) is 3.34. The van der Waals surface area contributed by atoms with Crippen molar-refractivity contribution in [2.24, 2.45) is 0 Å². The lowest BCUT2D eigenvalue weighted by atomic mass is 9.93. The fourth-order valence-corrected chi connectivity index (χ4v) is 5.14. The number of rotatable bonds is 8. The predicted octanol–water partition coefficient (Wildman–Crippen LogP) is 4.92. The monoisotopic (exact) mass is 614 g/mol. The fraction of sp³-hybridized carbons (Fsp3) is 0.276. The van der Waals surface area contributed by atoms with Crippen LogP contribution in [0.3, 0.4) is 0 Å². The molecule has 0 bridgehead atoms. The predicted molar refractivity (Wildman–Crippen MR) is 152 cm³/mol. The highest BCUT2D eigenvalue weighted by atomic mass is 127. The molecule has 1 N–H and O–H groups in total. The summed E-state index contributed by atoms with van der Waals surface area (Å²) in [4.78, 5) is 38.7. The van der Waals surface area contributed by atoms with Crippen LogP contribution >= 0.6 is 22.6 Å². The third-order valence-corrected chi connectivity index (χ3v) is 7.24. The molecule has 2 aromatic carbocycles.